The predicted molar refractivity (Wildman–Crippen MR) is 94.6 cm³/mol. The van der Waals surface area contributed by atoms with Crippen LogP contribution in [-0.4, -0.2) is 20.5 Å². The third-order valence-corrected chi connectivity index (χ3v) is 4.54. The molecule has 0 atom stereocenters. The number of rotatable bonds is 3. The van der Waals surface area contributed by atoms with Crippen molar-refractivity contribution in [1.29, 1.82) is 0 Å². The van der Waals surface area contributed by atoms with Crippen molar-refractivity contribution in [2.24, 2.45) is 7.05 Å². The minimum Gasteiger partial charge on any atom is -0.456 e. The van der Waals surface area contributed by atoms with Crippen molar-refractivity contribution in [2.45, 2.75) is 12.8 Å². The summed E-state index contributed by atoms with van der Waals surface area (Å²) in [6.07, 6.45) is 4.64. The first kappa shape index (κ1) is 16.0. The van der Waals surface area contributed by atoms with E-state index in [0.717, 1.165) is 12.1 Å². The lowest BCUT2D eigenvalue weighted by Crippen LogP contribution is -2.14. The molecule has 0 radical (unpaired) electrons. The average molecular weight is 349 g/mol. The zero-order valence-electron chi connectivity index (χ0n) is 14.0. The van der Waals surface area contributed by atoms with Gasteiger partial charge in [0, 0.05) is 24.4 Å². The van der Waals surface area contributed by atoms with Crippen LogP contribution in [0, 0.1) is 10.1 Å². The highest BCUT2D eigenvalue weighted by Crippen LogP contribution is 2.32. The summed E-state index contributed by atoms with van der Waals surface area (Å²) >= 11 is 0. The SMILES string of the molecule is Cn1ncc2c1CC/C(=C/c1ccc(-c3ccccc3[N+](=O)[O-])o1)C2=O. The van der Waals surface area contributed by atoms with Crippen molar-refractivity contribution in [3.63, 3.8) is 0 Å². The number of fused-ring (bicyclic) bond motifs is 1. The zero-order chi connectivity index (χ0) is 18.3. The molecule has 1 aliphatic rings. The molecule has 2 aromatic heterocycles. The van der Waals surface area contributed by atoms with Gasteiger partial charge in [-0.05, 0) is 37.1 Å². The van der Waals surface area contributed by atoms with Gasteiger partial charge in [0.2, 0.25) is 0 Å². The fraction of sp³-hybridized carbons (Fsp3) is 0.158. The van der Waals surface area contributed by atoms with Crippen LogP contribution in [0.5, 0.6) is 0 Å². The first-order valence-corrected chi connectivity index (χ1v) is 8.14. The number of nitro groups is 1. The molecule has 0 N–H and O–H groups in total. The lowest BCUT2D eigenvalue weighted by molar-refractivity contribution is -0.384. The summed E-state index contributed by atoms with van der Waals surface area (Å²) < 4.78 is 7.48. The Balaban J connectivity index is 1.67. The van der Waals surface area contributed by atoms with E-state index in [1.165, 1.54) is 6.07 Å². The fourth-order valence-electron chi connectivity index (χ4n) is 3.21. The van der Waals surface area contributed by atoms with Crippen LogP contribution in [-0.2, 0) is 13.5 Å². The van der Waals surface area contributed by atoms with Crippen LogP contribution in [0.1, 0.15) is 28.2 Å². The van der Waals surface area contributed by atoms with Crippen molar-refractivity contribution in [2.75, 3.05) is 0 Å². The van der Waals surface area contributed by atoms with Crippen LogP contribution < -0.4 is 0 Å². The lowest BCUT2D eigenvalue weighted by Gasteiger charge is -2.14. The Morgan fingerprint density at radius 3 is 2.81 bits per heavy atom. The Morgan fingerprint density at radius 1 is 1.19 bits per heavy atom. The van der Waals surface area contributed by atoms with Gasteiger partial charge in [0.25, 0.3) is 5.69 Å². The molecule has 0 saturated carbocycles. The topological polar surface area (TPSA) is 91.2 Å². The highest BCUT2D eigenvalue weighted by molar-refractivity contribution is 6.12. The van der Waals surface area contributed by atoms with E-state index in [2.05, 4.69) is 5.10 Å². The molecule has 7 heteroatoms. The van der Waals surface area contributed by atoms with Crippen LogP contribution in [0.3, 0.4) is 0 Å². The molecule has 0 amide bonds. The van der Waals surface area contributed by atoms with Crippen molar-refractivity contribution in [1.82, 2.24) is 9.78 Å². The van der Waals surface area contributed by atoms with Crippen molar-refractivity contribution >= 4 is 17.5 Å². The van der Waals surface area contributed by atoms with Crippen molar-refractivity contribution in [3.05, 3.63) is 75.3 Å². The lowest BCUT2D eigenvalue weighted by atomic mass is 9.91. The van der Waals surface area contributed by atoms with Crippen LogP contribution in [0.15, 0.2) is 52.6 Å². The molecule has 0 aliphatic heterocycles. The molecule has 0 saturated heterocycles. The number of Topliss-reactive ketones (excluding diaryl/α,β-unsaturated/α-hetero) is 1. The van der Waals surface area contributed by atoms with E-state index < -0.39 is 4.92 Å². The Morgan fingerprint density at radius 2 is 2.00 bits per heavy atom. The van der Waals surface area contributed by atoms with Gasteiger partial charge in [-0.3, -0.25) is 19.6 Å². The van der Waals surface area contributed by atoms with E-state index in [0.29, 0.717) is 34.6 Å². The number of ketones is 1. The van der Waals surface area contributed by atoms with Gasteiger partial charge in [0.1, 0.15) is 11.5 Å². The maximum Gasteiger partial charge on any atom is 0.280 e. The minimum absolute atomic E-state index is 0.0187. The van der Waals surface area contributed by atoms with Crippen molar-refractivity contribution in [3.8, 4) is 11.3 Å². The van der Waals surface area contributed by atoms with E-state index in [1.807, 2.05) is 7.05 Å². The number of hydrogen-bond acceptors (Lipinski definition) is 5. The van der Waals surface area contributed by atoms with E-state index in [1.54, 1.807) is 47.3 Å². The predicted octanol–water partition coefficient (Wildman–Crippen LogP) is 3.80. The third kappa shape index (κ3) is 2.63. The van der Waals surface area contributed by atoms with Crippen LogP contribution in [0.2, 0.25) is 0 Å². The monoisotopic (exact) mass is 349 g/mol. The summed E-state index contributed by atoms with van der Waals surface area (Å²) in [6, 6.07) is 9.80. The van der Waals surface area contributed by atoms with Crippen molar-refractivity contribution < 1.29 is 14.1 Å². The van der Waals surface area contributed by atoms with E-state index >= 15 is 0 Å². The number of aromatic nitrogens is 2. The molecule has 0 fully saturated rings. The molecule has 4 rings (SSSR count). The van der Waals surface area contributed by atoms with Crippen LogP contribution in [0.25, 0.3) is 17.4 Å². The van der Waals surface area contributed by atoms with E-state index in [-0.39, 0.29) is 11.5 Å². The smallest absolute Gasteiger partial charge is 0.280 e. The minimum atomic E-state index is -0.440. The number of aryl methyl sites for hydroxylation is 1. The van der Waals surface area contributed by atoms with Gasteiger partial charge < -0.3 is 4.42 Å². The third-order valence-electron chi connectivity index (χ3n) is 4.54. The number of carbonyl (C=O) groups is 1. The van der Waals surface area contributed by atoms with Gasteiger partial charge in [-0.1, -0.05) is 12.1 Å². The molecule has 26 heavy (non-hydrogen) atoms. The summed E-state index contributed by atoms with van der Waals surface area (Å²) in [6.45, 7) is 0. The van der Waals surface area contributed by atoms with Gasteiger partial charge in [-0.2, -0.15) is 5.10 Å². The first-order chi connectivity index (χ1) is 12.5. The molecule has 0 unspecified atom stereocenters. The maximum absolute atomic E-state index is 12.6. The summed E-state index contributed by atoms with van der Waals surface area (Å²) in [7, 11) is 1.83. The highest BCUT2D eigenvalue weighted by Gasteiger charge is 2.25. The quantitative estimate of drug-likeness (QED) is 0.407. The average Bonchev–Trinajstić information content (AvgIpc) is 3.25. The zero-order valence-corrected chi connectivity index (χ0v) is 14.0. The Labute approximate surface area is 148 Å². The molecule has 1 aliphatic carbocycles. The van der Waals surface area contributed by atoms with Crippen LogP contribution >= 0.6 is 0 Å². The summed E-state index contributed by atoms with van der Waals surface area (Å²) in [5, 5.41) is 15.3. The summed E-state index contributed by atoms with van der Waals surface area (Å²) in [5.41, 5.74) is 2.60. The highest BCUT2D eigenvalue weighted by atomic mass is 16.6. The number of nitrogens with zero attached hydrogens (tertiary/aromatic N) is 3. The second kappa shape index (κ2) is 6.11. The Kier molecular flexibility index (Phi) is 3.76. The normalized spacial score (nSPS) is 15.3. The number of allylic oxidation sites excluding steroid dienone is 1. The standard InChI is InChI=1S/C19H15N3O4/c1-21-16-8-6-12(19(23)15(16)11-20-21)10-13-7-9-18(26-13)14-4-2-3-5-17(14)22(24)25/h2-5,7,9-11H,6,8H2,1H3/b12-10-. The summed E-state index contributed by atoms with van der Waals surface area (Å²) in [5.74, 6) is 0.839. The maximum atomic E-state index is 12.6. The Hall–Kier alpha value is -3.48. The Bertz CT molecular complexity index is 1060. The molecule has 7 nitrogen and oxygen atoms in total. The first-order valence-electron chi connectivity index (χ1n) is 8.14. The van der Waals surface area contributed by atoms with Crippen LogP contribution in [0.4, 0.5) is 5.69 Å². The van der Waals surface area contributed by atoms with Gasteiger partial charge in [-0.25, -0.2) is 0 Å². The van der Waals surface area contributed by atoms with Gasteiger partial charge in [-0.15, -0.1) is 0 Å². The molecule has 2 heterocycles. The molecular formula is C19H15N3O4. The second-order valence-corrected chi connectivity index (χ2v) is 6.10. The number of para-hydroxylation sites is 1. The number of benzene rings is 1. The molecule has 3 aromatic rings. The number of nitro benzene ring substituents is 1. The molecule has 0 bridgehead atoms. The molecular weight excluding hydrogens is 334 g/mol. The number of carbonyl (C=O) groups excluding carboxylic acids is 1. The molecule has 0 spiro atoms. The number of hydrogen-bond donors (Lipinski definition) is 0. The summed E-state index contributed by atoms with van der Waals surface area (Å²) in [4.78, 5) is 23.3. The largest absolute Gasteiger partial charge is 0.456 e. The van der Waals surface area contributed by atoms with Gasteiger partial charge in [0.15, 0.2) is 5.78 Å². The molecule has 130 valence electrons. The molecule has 1 aromatic carbocycles. The fourth-order valence-corrected chi connectivity index (χ4v) is 3.21. The van der Waals surface area contributed by atoms with Gasteiger partial charge in [0.05, 0.1) is 22.2 Å². The van der Waals surface area contributed by atoms with Gasteiger partial charge >= 0.3 is 0 Å². The number of furan rings is 1. The second-order valence-electron chi connectivity index (χ2n) is 6.10. The van der Waals surface area contributed by atoms with E-state index in [4.69, 9.17) is 4.42 Å². The van der Waals surface area contributed by atoms with E-state index in [9.17, 15) is 14.9 Å².